The molecule has 0 aromatic carbocycles. The summed E-state index contributed by atoms with van der Waals surface area (Å²) in [6, 6.07) is 0. The zero-order valence-corrected chi connectivity index (χ0v) is 8.98. The number of rotatable bonds is 5. The van der Waals surface area contributed by atoms with Crippen molar-refractivity contribution in [3.8, 4) is 0 Å². The zero-order valence-electron chi connectivity index (χ0n) is 8.16. The highest BCUT2D eigenvalue weighted by atomic mass is 32.2. The predicted molar refractivity (Wildman–Crippen MR) is 56.3 cm³/mol. The molecule has 13 heavy (non-hydrogen) atoms. The van der Waals surface area contributed by atoms with E-state index >= 15 is 0 Å². The molecule has 0 amide bonds. The predicted octanol–water partition coefficient (Wildman–Crippen LogP) is 0.209. The third-order valence-corrected chi connectivity index (χ3v) is 2.68. The van der Waals surface area contributed by atoms with E-state index in [0.29, 0.717) is 6.10 Å². The smallest absolute Gasteiger partial charge is 0.0604 e. The van der Waals surface area contributed by atoms with Crippen molar-refractivity contribution in [3.63, 3.8) is 0 Å². The van der Waals surface area contributed by atoms with E-state index in [1.54, 1.807) is 0 Å². The van der Waals surface area contributed by atoms with E-state index in [1.165, 1.54) is 0 Å². The maximum Gasteiger partial charge on any atom is 0.0604 e. The highest BCUT2D eigenvalue weighted by molar-refractivity contribution is 7.95. The normalized spacial score (nSPS) is 20.8. The van der Waals surface area contributed by atoms with Crippen LogP contribution >= 0.6 is 12.1 Å². The number of ether oxygens (including phenoxy) is 1. The maximum atomic E-state index is 5.68. The first-order valence-electron chi connectivity index (χ1n) is 4.71. The molecule has 3 N–H and O–H groups in total. The van der Waals surface area contributed by atoms with Crippen molar-refractivity contribution in [1.82, 2.24) is 9.62 Å². The second-order valence-electron chi connectivity index (χ2n) is 3.39. The van der Waals surface area contributed by atoms with E-state index in [4.69, 9.17) is 9.88 Å². The summed E-state index contributed by atoms with van der Waals surface area (Å²) in [5.41, 5.74) is 0. The molecule has 1 saturated heterocycles. The van der Waals surface area contributed by atoms with Gasteiger partial charge in [0.2, 0.25) is 0 Å². The lowest BCUT2D eigenvalue weighted by Gasteiger charge is -2.28. The molecule has 0 radical (unpaired) electrons. The van der Waals surface area contributed by atoms with Crippen LogP contribution in [-0.2, 0) is 4.74 Å². The van der Waals surface area contributed by atoms with Crippen molar-refractivity contribution in [2.75, 3.05) is 33.3 Å². The second-order valence-corrected chi connectivity index (χ2v) is 3.91. The van der Waals surface area contributed by atoms with E-state index in [2.05, 4.69) is 16.7 Å². The molecular formula is C8H19N3OS. The summed E-state index contributed by atoms with van der Waals surface area (Å²) < 4.78 is 8.63. The molecule has 1 heterocycles. The van der Waals surface area contributed by atoms with Crippen molar-refractivity contribution in [2.45, 2.75) is 18.9 Å². The van der Waals surface area contributed by atoms with Crippen LogP contribution in [-0.4, -0.2) is 44.3 Å². The first-order chi connectivity index (χ1) is 6.33. The van der Waals surface area contributed by atoms with Crippen LogP contribution in [0.4, 0.5) is 0 Å². The number of nitrogens with zero attached hydrogens (tertiary/aromatic N) is 1. The Balaban J connectivity index is 1.96. The van der Waals surface area contributed by atoms with Gasteiger partial charge in [-0.1, -0.05) is 0 Å². The Hall–Kier alpha value is 0.190. The standard InChI is InChI=1S/C8H19N3OS/c1-11-5-2-8(3-6-11)12-7-4-10-13-9/h8,10H,2-7,9H2,1H3. The Morgan fingerprint density at radius 2 is 2.23 bits per heavy atom. The van der Waals surface area contributed by atoms with Gasteiger partial charge in [0, 0.05) is 31.8 Å². The zero-order chi connectivity index (χ0) is 9.52. The summed E-state index contributed by atoms with van der Waals surface area (Å²) in [5.74, 6) is 0. The molecule has 1 aliphatic rings. The number of nitrogens with one attached hydrogen (secondary N) is 1. The van der Waals surface area contributed by atoms with Crippen molar-refractivity contribution in [2.24, 2.45) is 5.14 Å². The highest BCUT2D eigenvalue weighted by Gasteiger charge is 2.16. The molecule has 78 valence electrons. The van der Waals surface area contributed by atoms with Crippen molar-refractivity contribution >= 4 is 12.1 Å². The van der Waals surface area contributed by atoms with Crippen LogP contribution in [0.5, 0.6) is 0 Å². The van der Waals surface area contributed by atoms with Gasteiger partial charge in [-0.3, -0.25) is 5.14 Å². The third-order valence-electron chi connectivity index (χ3n) is 2.31. The molecule has 0 spiro atoms. The van der Waals surface area contributed by atoms with Gasteiger partial charge in [0.1, 0.15) is 0 Å². The molecule has 0 unspecified atom stereocenters. The minimum atomic E-state index is 0.459. The van der Waals surface area contributed by atoms with Gasteiger partial charge in [-0.2, -0.15) is 0 Å². The number of hydrogen-bond donors (Lipinski definition) is 2. The summed E-state index contributed by atoms with van der Waals surface area (Å²) in [5, 5.41) is 5.21. The lowest BCUT2D eigenvalue weighted by molar-refractivity contribution is 0.0159. The molecular weight excluding hydrogens is 186 g/mol. The number of nitrogens with two attached hydrogens (primary N) is 1. The van der Waals surface area contributed by atoms with Gasteiger partial charge in [0.05, 0.1) is 12.7 Å². The van der Waals surface area contributed by atoms with Gasteiger partial charge in [-0.15, -0.1) is 0 Å². The van der Waals surface area contributed by atoms with Crippen LogP contribution in [0.2, 0.25) is 0 Å². The van der Waals surface area contributed by atoms with Crippen molar-refractivity contribution < 1.29 is 4.74 Å². The largest absolute Gasteiger partial charge is 0.377 e. The monoisotopic (exact) mass is 205 g/mol. The van der Waals surface area contributed by atoms with Crippen LogP contribution in [0.25, 0.3) is 0 Å². The Morgan fingerprint density at radius 1 is 1.54 bits per heavy atom. The molecule has 1 aliphatic heterocycles. The van der Waals surface area contributed by atoms with Gasteiger partial charge in [0.15, 0.2) is 0 Å². The third kappa shape index (κ3) is 4.83. The minimum Gasteiger partial charge on any atom is -0.377 e. The molecule has 0 aromatic rings. The van der Waals surface area contributed by atoms with E-state index < -0.39 is 0 Å². The number of hydrogen-bond acceptors (Lipinski definition) is 5. The fraction of sp³-hybridized carbons (Fsp3) is 1.00. The Bertz CT molecular complexity index is 129. The van der Waals surface area contributed by atoms with Gasteiger partial charge < -0.3 is 9.64 Å². The average Bonchev–Trinajstić information content (AvgIpc) is 2.15. The number of likely N-dealkylation sites (tertiary alicyclic amines) is 1. The molecule has 0 saturated carbocycles. The van der Waals surface area contributed by atoms with Crippen molar-refractivity contribution in [3.05, 3.63) is 0 Å². The average molecular weight is 205 g/mol. The lowest BCUT2D eigenvalue weighted by Crippen LogP contribution is -2.35. The minimum absolute atomic E-state index is 0.459. The van der Waals surface area contributed by atoms with Crippen LogP contribution in [0.3, 0.4) is 0 Å². The second kappa shape index (κ2) is 6.62. The topological polar surface area (TPSA) is 50.5 Å². The van der Waals surface area contributed by atoms with Crippen LogP contribution < -0.4 is 9.86 Å². The van der Waals surface area contributed by atoms with E-state index in [1.807, 2.05) is 0 Å². The molecule has 0 atom stereocenters. The first-order valence-corrected chi connectivity index (χ1v) is 5.59. The lowest BCUT2D eigenvalue weighted by atomic mass is 10.1. The first kappa shape index (κ1) is 11.3. The summed E-state index contributed by atoms with van der Waals surface area (Å²) in [6.45, 7) is 3.90. The van der Waals surface area contributed by atoms with Crippen LogP contribution in [0.15, 0.2) is 0 Å². The Morgan fingerprint density at radius 3 is 2.85 bits per heavy atom. The van der Waals surface area contributed by atoms with Gasteiger partial charge >= 0.3 is 0 Å². The Labute approximate surface area is 84.4 Å². The van der Waals surface area contributed by atoms with Gasteiger partial charge in [-0.05, 0) is 19.9 Å². The summed E-state index contributed by atoms with van der Waals surface area (Å²) in [4.78, 5) is 2.34. The fourth-order valence-electron chi connectivity index (χ4n) is 1.48. The maximum absolute atomic E-state index is 5.68. The molecule has 0 aromatic heterocycles. The summed E-state index contributed by atoms with van der Waals surface area (Å²) in [6.07, 6.45) is 2.78. The quantitative estimate of drug-likeness (QED) is 0.496. The van der Waals surface area contributed by atoms with Gasteiger partial charge in [-0.25, -0.2) is 4.72 Å². The summed E-state index contributed by atoms with van der Waals surface area (Å²) >= 11 is 1.15. The van der Waals surface area contributed by atoms with Crippen molar-refractivity contribution in [1.29, 1.82) is 0 Å². The molecule has 0 bridgehead atoms. The van der Waals surface area contributed by atoms with Crippen LogP contribution in [0, 0.1) is 0 Å². The highest BCUT2D eigenvalue weighted by Crippen LogP contribution is 2.11. The molecule has 1 rings (SSSR count). The van der Waals surface area contributed by atoms with E-state index in [9.17, 15) is 0 Å². The Kier molecular flexibility index (Phi) is 5.73. The van der Waals surface area contributed by atoms with E-state index in [0.717, 1.165) is 51.2 Å². The molecule has 4 nitrogen and oxygen atoms in total. The number of piperidine rings is 1. The SMILES string of the molecule is CN1CCC(OCCNSN)CC1. The molecule has 1 fully saturated rings. The van der Waals surface area contributed by atoms with E-state index in [-0.39, 0.29) is 0 Å². The van der Waals surface area contributed by atoms with Gasteiger partial charge in [0.25, 0.3) is 0 Å². The molecule has 5 heteroatoms. The summed E-state index contributed by atoms with van der Waals surface area (Å²) in [7, 11) is 2.16. The van der Waals surface area contributed by atoms with Crippen LogP contribution in [0.1, 0.15) is 12.8 Å². The fourth-order valence-corrected chi connectivity index (χ4v) is 1.68. The molecule has 0 aliphatic carbocycles.